The molecule has 1 atom stereocenters. The molecule has 1 unspecified atom stereocenters. The summed E-state index contributed by atoms with van der Waals surface area (Å²) < 4.78 is 5.39. The lowest BCUT2D eigenvalue weighted by Crippen LogP contribution is -2.18. The van der Waals surface area contributed by atoms with Crippen LogP contribution in [0, 0.1) is 0 Å². The number of hydrogen-bond donors (Lipinski definition) is 0. The summed E-state index contributed by atoms with van der Waals surface area (Å²) in [6.45, 7) is 2.13. The van der Waals surface area contributed by atoms with Gasteiger partial charge in [-0.1, -0.05) is 25.5 Å². The number of rotatable bonds is 2. The molecule has 0 saturated heterocycles. The molecule has 0 radical (unpaired) electrons. The van der Waals surface area contributed by atoms with Crippen LogP contribution in [0.3, 0.4) is 0 Å². The predicted octanol–water partition coefficient (Wildman–Crippen LogP) is 3.22. The molecule has 0 spiro atoms. The molecule has 0 aromatic carbocycles. The topological polar surface area (TPSA) is 26.3 Å². The Morgan fingerprint density at radius 3 is 3.00 bits per heavy atom. The van der Waals surface area contributed by atoms with Gasteiger partial charge in [-0.3, -0.25) is 4.79 Å². The van der Waals surface area contributed by atoms with Crippen molar-refractivity contribution in [3.05, 3.63) is 12.2 Å². The van der Waals surface area contributed by atoms with Gasteiger partial charge in [-0.15, -0.1) is 0 Å². The molecule has 1 heterocycles. The van der Waals surface area contributed by atoms with Crippen molar-refractivity contribution in [1.29, 1.82) is 0 Å². The number of carbonyl (C=O) groups excluding carboxylic acids is 1. The van der Waals surface area contributed by atoms with Crippen molar-refractivity contribution in [2.45, 2.75) is 58.0 Å². The monoisotopic (exact) mass is 196 g/mol. The first-order valence-electron chi connectivity index (χ1n) is 5.67. The maximum atomic E-state index is 11.3. The largest absolute Gasteiger partial charge is 0.462 e. The van der Waals surface area contributed by atoms with Gasteiger partial charge in [0.25, 0.3) is 0 Å². The van der Waals surface area contributed by atoms with Crippen LogP contribution in [-0.4, -0.2) is 12.1 Å². The molecule has 1 aliphatic rings. The SMILES string of the molecule is CCCC1CCCC=CCCC(=O)O1. The van der Waals surface area contributed by atoms with Crippen molar-refractivity contribution in [2.75, 3.05) is 0 Å². The van der Waals surface area contributed by atoms with Crippen LogP contribution in [0.5, 0.6) is 0 Å². The van der Waals surface area contributed by atoms with E-state index in [9.17, 15) is 4.79 Å². The van der Waals surface area contributed by atoms with E-state index >= 15 is 0 Å². The van der Waals surface area contributed by atoms with E-state index in [1.807, 2.05) is 0 Å². The third kappa shape index (κ3) is 4.45. The molecule has 2 nitrogen and oxygen atoms in total. The zero-order chi connectivity index (χ0) is 10.2. The molecule has 14 heavy (non-hydrogen) atoms. The Hall–Kier alpha value is -0.790. The molecular formula is C12H20O2. The van der Waals surface area contributed by atoms with E-state index in [0.29, 0.717) is 6.42 Å². The highest BCUT2D eigenvalue weighted by Crippen LogP contribution is 2.14. The Morgan fingerprint density at radius 2 is 2.21 bits per heavy atom. The maximum Gasteiger partial charge on any atom is 0.306 e. The summed E-state index contributed by atoms with van der Waals surface area (Å²) in [5, 5.41) is 0. The van der Waals surface area contributed by atoms with Crippen molar-refractivity contribution >= 4 is 5.97 Å². The Kier molecular flexibility index (Phi) is 5.35. The summed E-state index contributed by atoms with van der Waals surface area (Å²) in [6.07, 6.45) is 11.2. The van der Waals surface area contributed by atoms with Gasteiger partial charge in [-0.05, 0) is 32.1 Å². The minimum atomic E-state index is -0.0324. The number of hydrogen-bond acceptors (Lipinski definition) is 2. The van der Waals surface area contributed by atoms with Gasteiger partial charge in [0.1, 0.15) is 6.10 Å². The molecule has 0 amide bonds. The van der Waals surface area contributed by atoms with Crippen LogP contribution in [0.15, 0.2) is 12.2 Å². The van der Waals surface area contributed by atoms with Crippen LogP contribution in [-0.2, 0) is 9.53 Å². The molecular weight excluding hydrogens is 176 g/mol. The first kappa shape index (κ1) is 11.3. The zero-order valence-electron chi connectivity index (χ0n) is 9.00. The molecule has 80 valence electrons. The third-order valence-electron chi connectivity index (χ3n) is 2.49. The second kappa shape index (κ2) is 6.63. The van der Waals surface area contributed by atoms with E-state index in [2.05, 4.69) is 19.1 Å². The van der Waals surface area contributed by atoms with Gasteiger partial charge < -0.3 is 4.74 Å². The van der Waals surface area contributed by atoms with Crippen LogP contribution in [0.2, 0.25) is 0 Å². The number of carbonyl (C=O) groups is 1. The lowest BCUT2D eigenvalue weighted by atomic mass is 10.1. The smallest absolute Gasteiger partial charge is 0.306 e. The second-order valence-corrected chi connectivity index (χ2v) is 3.84. The molecule has 0 saturated carbocycles. The van der Waals surface area contributed by atoms with Crippen molar-refractivity contribution in [2.24, 2.45) is 0 Å². The van der Waals surface area contributed by atoms with Gasteiger partial charge in [0.05, 0.1) is 0 Å². The van der Waals surface area contributed by atoms with Crippen molar-refractivity contribution in [3.63, 3.8) is 0 Å². The van der Waals surface area contributed by atoms with Crippen LogP contribution < -0.4 is 0 Å². The predicted molar refractivity (Wildman–Crippen MR) is 57.0 cm³/mol. The van der Waals surface area contributed by atoms with Gasteiger partial charge in [0.2, 0.25) is 0 Å². The van der Waals surface area contributed by atoms with E-state index in [4.69, 9.17) is 4.74 Å². The van der Waals surface area contributed by atoms with E-state index in [1.165, 1.54) is 0 Å². The number of allylic oxidation sites excluding steroid dienone is 2. The van der Waals surface area contributed by atoms with Crippen LogP contribution in [0.4, 0.5) is 0 Å². The lowest BCUT2D eigenvalue weighted by molar-refractivity contribution is -0.149. The molecule has 0 fully saturated rings. The van der Waals surface area contributed by atoms with Gasteiger partial charge in [0.15, 0.2) is 0 Å². The normalized spacial score (nSPS) is 24.4. The summed E-state index contributed by atoms with van der Waals surface area (Å²) in [7, 11) is 0. The molecule has 0 aromatic heterocycles. The Bertz CT molecular complexity index is 196. The average molecular weight is 196 g/mol. The summed E-state index contributed by atoms with van der Waals surface area (Å²) in [4.78, 5) is 11.3. The van der Waals surface area contributed by atoms with Crippen molar-refractivity contribution < 1.29 is 9.53 Å². The fourth-order valence-electron chi connectivity index (χ4n) is 1.73. The van der Waals surface area contributed by atoms with Gasteiger partial charge >= 0.3 is 5.97 Å². The lowest BCUT2D eigenvalue weighted by Gasteiger charge is -2.17. The maximum absolute atomic E-state index is 11.3. The molecule has 0 bridgehead atoms. The third-order valence-corrected chi connectivity index (χ3v) is 2.49. The molecule has 0 aliphatic carbocycles. The summed E-state index contributed by atoms with van der Waals surface area (Å²) in [5.74, 6) is -0.0324. The summed E-state index contributed by atoms with van der Waals surface area (Å²) in [5.41, 5.74) is 0. The highest BCUT2D eigenvalue weighted by molar-refractivity contribution is 5.69. The van der Waals surface area contributed by atoms with Gasteiger partial charge in [-0.25, -0.2) is 0 Å². The van der Waals surface area contributed by atoms with Gasteiger partial charge in [-0.2, -0.15) is 0 Å². The molecule has 1 aliphatic heterocycles. The molecule has 1 rings (SSSR count). The number of ether oxygens (including phenoxy) is 1. The Morgan fingerprint density at radius 1 is 1.43 bits per heavy atom. The Balaban J connectivity index is 2.42. The molecule has 0 aromatic rings. The van der Waals surface area contributed by atoms with Gasteiger partial charge in [0, 0.05) is 6.42 Å². The van der Waals surface area contributed by atoms with Crippen LogP contribution in [0.1, 0.15) is 51.9 Å². The standard InChI is InChI=1S/C12H20O2/c1-2-8-11-9-6-4-3-5-7-10-12(13)14-11/h3,5,11H,2,4,6-10H2,1H3. The van der Waals surface area contributed by atoms with Crippen LogP contribution >= 0.6 is 0 Å². The van der Waals surface area contributed by atoms with E-state index in [0.717, 1.165) is 38.5 Å². The first-order valence-corrected chi connectivity index (χ1v) is 5.67. The van der Waals surface area contributed by atoms with E-state index < -0.39 is 0 Å². The minimum absolute atomic E-state index is 0.0324. The van der Waals surface area contributed by atoms with E-state index in [1.54, 1.807) is 0 Å². The minimum Gasteiger partial charge on any atom is -0.462 e. The quantitative estimate of drug-likeness (QED) is 0.500. The number of esters is 1. The summed E-state index contributed by atoms with van der Waals surface area (Å²) >= 11 is 0. The first-order chi connectivity index (χ1) is 6.83. The highest BCUT2D eigenvalue weighted by Gasteiger charge is 2.13. The number of cyclic esters (lactones) is 1. The van der Waals surface area contributed by atoms with E-state index in [-0.39, 0.29) is 12.1 Å². The second-order valence-electron chi connectivity index (χ2n) is 3.84. The molecule has 2 heteroatoms. The van der Waals surface area contributed by atoms with Crippen LogP contribution in [0.25, 0.3) is 0 Å². The Labute approximate surface area is 86.3 Å². The average Bonchev–Trinajstić information content (AvgIpc) is 2.17. The zero-order valence-corrected chi connectivity index (χ0v) is 9.00. The summed E-state index contributed by atoms with van der Waals surface area (Å²) in [6, 6.07) is 0. The fraction of sp³-hybridized carbons (Fsp3) is 0.750. The fourth-order valence-corrected chi connectivity index (χ4v) is 1.73. The van der Waals surface area contributed by atoms with Crippen molar-refractivity contribution in [1.82, 2.24) is 0 Å². The van der Waals surface area contributed by atoms with Crippen molar-refractivity contribution in [3.8, 4) is 0 Å². The highest BCUT2D eigenvalue weighted by atomic mass is 16.5. The molecule has 0 N–H and O–H groups in total.